The van der Waals surface area contributed by atoms with E-state index in [4.69, 9.17) is 14.9 Å². The quantitative estimate of drug-likeness (QED) is 0.673. The van der Waals surface area contributed by atoms with E-state index in [1.165, 1.54) is 19.1 Å². The number of hydrogen-bond donors (Lipinski definition) is 1. The molecule has 4 rings (SSSR count). The third kappa shape index (κ3) is 3.50. The maximum Gasteiger partial charge on any atom is 0.267 e. The zero-order valence-corrected chi connectivity index (χ0v) is 16.0. The van der Waals surface area contributed by atoms with E-state index in [0.717, 1.165) is 11.1 Å². The summed E-state index contributed by atoms with van der Waals surface area (Å²) in [6, 6.07) is 11.8. The summed E-state index contributed by atoms with van der Waals surface area (Å²) in [4.78, 5) is 21.1. The lowest BCUT2D eigenvalue weighted by Gasteiger charge is -2.25. The molecule has 0 bridgehead atoms. The van der Waals surface area contributed by atoms with Gasteiger partial charge in [-0.25, -0.2) is 9.97 Å². The molecule has 1 amide bonds. The van der Waals surface area contributed by atoms with Crippen molar-refractivity contribution in [1.82, 2.24) is 9.97 Å². The molecule has 0 unspecified atom stereocenters. The first-order valence-corrected chi connectivity index (χ1v) is 9.40. The molecular weight excluding hydrogens is 354 g/mol. The number of benzene rings is 1. The molecule has 0 radical (unpaired) electrons. The van der Waals surface area contributed by atoms with Gasteiger partial charge in [0, 0.05) is 5.56 Å². The Labute approximate surface area is 163 Å². The second-order valence-electron chi connectivity index (χ2n) is 7.68. The largest absolute Gasteiger partial charge is 0.477 e. The molecule has 6 heteroatoms. The smallest absolute Gasteiger partial charge is 0.267 e. The molecule has 1 aliphatic rings. The second kappa shape index (κ2) is 7.11. The van der Waals surface area contributed by atoms with Gasteiger partial charge in [-0.05, 0) is 49.8 Å². The summed E-state index contributed by atoms with van der Waals surface area (Å²) in [6.45, 7) is 4.46. The standard InChI is InChI=1S/C22H23N3O3/c1-22(2,21-24-10-11-27-21)17-12-16(15-6-4-3-5-7-15)20(25-18(17)19(23)26)28-13-14-8-9-14/h3-7,10-12,14H,8-9,13H2,1-2H3,(H2,23,26). The molecule has 0 saturated heterocycles. The van der Waals surface area contributed by atoms with Crippen LogP contribution in [0.1, 0.15) is 48.6 Å². The summed E-state index contributed by atoms with van der Waals surface area (Å²) in [5, 5.41) is 0. The van der Waals surface area contributed by atoms with Gasteiger partial charge in [-0.3, -0.25) is 4.79 Å². The number of oxazole rings is 1. The van der Waals surface area contributed by atoms with E-state index in [-0.39, 0.29) is 5.69 Å². The Morgan fingerprint density at radius 3 is 2.64 bits per heavy atom. The van der Waals surface area contributed by atoms with E-state index in [1.54, 1.807) is 6.20 Å². The number of primary amides is 1. The minimum Gasteiger partial charge on any atom is -0.477 e. The molecule has 1 fully saturated rings. The zero-order valence-electron chi connectivity index (χ0n) is 16.0. The van der Waals surface area contributed by atoms with Gasteiger partial charge in [-0.2, -0.15) is 0 Å². The fraction of sp³-hybridized carbons (Fsp3) is 0.318. The Kier molecular flexibility index (Phi) is 4.63. The van der Waals surface area contributed by atoms with Crippen molar-refractivity contribution in [3.05, 3.63) is 66.0 Å². The molecule has 0 spiro atoms. The lowest BCUT2D eigenvalue weighted by Crippen LogP contribution is -2.27. The third-order valence-corrected chi connectivity index (χ3v) is 5.10. The summed E-state index contributed by atoms with van der Waals surface area (Å²) in [6.07, 6.45) is 5.43. The van der Waals surface area contributed by atoms with Crippen LogP contribution in [0.5, 0.6) is 5.88 Å². The average molecular weight is 377 g/mol. The lowest BCUT2D eigenvalue weighted by molar-refractivity contribution is 0.0992. The molecule has 28 heavy (non-hydrogen) atoms. The minimum atomic E-state index is -0.695. The van der Waals surface area contributed by atoms with Crippen molar-refractivity contribution in [3.63, 3.8) is 0 Å². The molecule has 144 valence electrons. The van der Waals surface area contributed by atoms with Crippen molar-refractivity contribution in [2.24, 2.45) is 11.7 Å². The van der Waals surface area contributed by atoms with Gasteiger partial charge in [0.1, 0.15) is 12.0 Å². The molecular formula is C22H23N3O3. The SMILES string of the molecule is CC(C)(c1ncco1)c1cc(-c2ccccc2)c(OCC2CC2)nc1C(N)=O. The van der Waals surface area contributed by atoms with E-state index < -0.39 is 11.3 Å². The van der Waals surface area contributed by atoms with Crippen molar-refractivity contribution in [3.8, 4) is 17.0 Å². The predicted octanol–water partition coefficient (Wildman–Crippen LogP) is 3.95. The monoisotopic (exact) mass is 377 g/mol. The van der Waals surface area contributed by atoms with E-state index in [2.05, 4.69) is 9.97 Å². The van der Waals surface area contributed by atoms with Crippen molar-refractivity contribution < 1.29 is 13.9 Å². The Bertz CT molecular complexity index is 978. The number of hydrogen-bond acceptors (Lipinski definition) is 5. The first-order chi connectivity index (χ1) is 13.5. The zero-order chi connectivity index (χ0) is 19.7. The number of carbonyl (C=O) groups is 1. The van der Waals surface area contributed by atoms with Crippen molar-refractivity contribution in [1.29, 1.82) is 0 Å². The predicted molar refractivity (Wildman–Crippen MR) is 105 cm³/mol. The van der Waals surface area contributed by atoms with E-state index in [1.807, 2.05) is 50.2 Å². The van der Waals surface area contributed by atoms with Crippen molar-refractivity contribution in [2.75, 3.05) is 6.61 Å². The lowest BCUT2D eigenvalue weighted by atomic mass is 9.82. The number of amides is 1. The second-order valence-corrected chi connectivity index (χ2v) is 7.68. The van der Waals surface area contributed by atoms with Crippen LogP contribution >= 0.6 is 0 Å². The highest BCUT2D eigenvalue weighted by Gasteiger charge is 2.34. The molecule has 1 aliphatic carbocycles. The summed E-state index contributed by atoms with van der Waals surface area (Å²) < 4.78 is 11.5. The maximum atomic E-state index is 12.2. The highest BCUT2D eigenvalue weighted by Crippen LogP contribution is 2.39. The molecule has 1 aromatic carbocycles. The van der Waals surface area contributed by atoms with Crippen LogP contribution in [0.25, 0.3) is 11.1 Å². The summed E-state index contributed by atoms with van der Waals surface area (Å²) >= 11 is 0. The van der Waals surface area contributed by atoms with Gasteiger partial charge in [-0.15, -0.1) is 0 Å². The fourth-order valence-corrected chi connectivity index (χ4v) is 3.22. The Morgan fingerprint density at radius 2 is 2.04 bits per heavy atom. The number of ether oxygens (including phenoxy) is 1. The van der Waals surface area contributed by atoms with Crippen LogP contribution < -0.4 is 10.5 Å². The molecule has 1 saturated carbocycles. The van der Waals surface area contributed by atoms with Gasteiger partial charge in [-0.1, -0.05) is 30.3 Å². The van der Waals surface area contributed by atoms with Crippen LogP contribution in [-0.2, 0) is 5.41 Å². The van der Waals surface area contributed by atoms with Gasteiger partial charge >= 0.3 is 0 Å². The number of carbonyl (C=O) groups excluding carboxylic acids is 1. The number of nitrogens with zero attached hydrogens (tertiary/aromatic N) is 2. The van der Waals surface area contributed by atoms with Crippen molar-refractivity contribution in [2.45, 2.75) is 32.1 Å². The van der Waals surface area contributed by atoms with Gasteiger partial charge < -0.3 is 14.9 Å². The van der Waals surface area contributed by atoms with Crippen LogP contribution in [0.2, 0.25) is 0 Å². The highest BCUT2D eigenvalue weighted by molar-refractivity contribution is 5.94. The maximum absolute atomic E-state index is 12.2. The summed E-state index contributed by atoms with van der Waals surface area (Å²) in [7, 11) is 0. The van der Waals surface area contributed by atoms with Gasteiger partial charge in [0.25, 0.3) is 5.91 Å². The van der Waals surface area contributed by atoms with Crippen LogP contribution in [0.15, 0.2) is 53.3 Å². The number of pyridine rings is 1. The molecule has 2 N–H and O–H groups in total. The molecule has 0 atom stereocenters. The number of nitrogens with two attached hydrogens (primary N) is 1. The number of rotatable bonds is 7. The Balaban J connectivity index is 1.88. The van der Waals surface area contributed by atoms with E-state index in [0.29, 0.717) is 29.9 Å². The third-order valence-electron chi connectivity index (χ3n) is 5.10. The minimum absolute atomic E-state index is 0.175. The normalized spacial score (nSPS) is 14.1. The van der Waals surface area contributed by atoms with Gasteiger partial charge in [0.2, 0.25) is 11.8 Å². The first-order valence-electron chi connectivity index (χ1n) is 9.40. The van der Waals surface area contributed by atoms with Crippen LogP contribution in [-0.4, -0.2) is 22.5 Å². The average Bonchev–Trinajstić information content (AvgIpc) is 3.35. The van der Waals surface area contributed by atoms with E-state index >= 15 is 0 Å². The fourth-order valence-electron chi connectivity index (χ4n) is 3.22. The van der Waals surface area contributed by atoms with Crippen molar-refractivity contribution >= 4 is 5.91 Å². The Hall–Kier alpha value is -3.15. The number of aromatic nitrogens is 2. The molecule has 6 nitrogen and oxygen atoms in total. The van der Waals surface area contributed by atoms with Crippen LogP contribution in [0.3, 0.4) is 0 Å². The highest BCUT2D eigenvalue weighted by atomic mass is 16.5. The van der Waals surface area contributed by atoms with E-state index in [9.17, 15) is 4.79 Å². The van der Waals surface area contributed by atoms with Gasteiger partial charge in [0.05, 0.1) is 18.2 Å². The summed E-state index contributed by atoms with van der Waals surface area (Å²) in [5.41, 5.74) is 7.59. The topological polar surface area (TPSA) is 91.2 Å². The van der Waals surface area contributed by atoms with Gasteiger partial charge in [0.15, 0.2) is 0 Å². The first kappa shape index (κ1) is 18.2. The van der Waals surface area contributed by atoms with Crippen LogP contribution in [0, 0.1) is 5.92 Å². The van der Waals surface area contributed by atoms with Crippen LogP contribution in [0.4, 0.5) is 0 Å². The molecule has 0 aliphatic heterocycles. The molecule has 3 aromatic rings. The molecule has 2 aromatic heterocycles. The Morgan fingerprint density at radius 1 is 1.29 bits per heavy atom. The summed E-state index contributed by atoms with van der Waals surface area (Å²) in [5.74, 6) is 0.873. The molecule has 2 heterocycles.